The van der Waals surface area contributed by atoms with Crippen LogP contribution < -0.4 is 0 Å². The SMILES string of the molecule is Cc1ccc2c(c1)C1(c3cc(C)ccc3-2)c2cc(C)ccc2-c2ccc(C)cc21.FC(F)(F)c1ccc(-c2nnc(-c3ccc4c(c3)C3(c5ccccc5-4)c4ccccc4-c4ccc(-c5nnc(-c6ccc(C(F)(F)F)cc6)o5)cc43)o2)cc1. The van der Waals surface area contributed by atoms with Crippen molar-refractivity contribution in [1.82, 2.24) is 20.4 Å². The average molecular weight is 1110 g/mol. The summed E-state index contributed by atoms with van der Waals surface area (Å²) in [4.78, 5) is 0. The molecular formula is C72H46F6N4O2. The van der Waals surface area contributed by atoms with E-state index in [1.165, 1.54) is 91.0 Å². The number of rotatable bonds is 4. The molecule has 2 heterocycles. The van der Waals surface area contributed by atoms with Gasteiger partial charge < -0.3 is 8.83 Å². The van der Waals surface area contributed by atoms with Crippen LogP contribution in [0.4, 0.5) is 26.3 Å². The van der Waals surface area contributed by atoms with Gasteiger partial charge in [-0.2, -0.15) is 26.3 Å². The van der Waals surface area contributed by atoms with Crippen LogP contribution in [0.25, 0.3) is 90.3 Å². The lowest BCUT2D eigenvalue weighted by atomic mass is 9.70. The van der Waals surface area contributed by atoms with Crippen molar-refractivity contribution in [2.75, 3.05) is 0 Å². The highest BCUT2D eigenvalue weighted by Crippen LogP contribution is 2.65. The molecule has 10 aromatic carbocycles. The van der Waals surface area contributed by atoms with Crippen molar-refractivity contribution >= 4 is 0 Å². The van der Waals surface area contributed by atoms with Gasteiger partial charge in [0.05, 0.1) is 22.0 Å². The Kier molecular flexibility index (Phi) is 11.1. The maximum absolute atomic E-state index is 13.2. The van der Waals surface area contributed by atoms with Crippen molar-refractivity contribution < 1.29 is 35.2 Å². The van der Waals surface area contributed by atoms with E-state index in [0.29, 0.717) is 22.3 Å². The topological polar surface area (TPSA) is 77.8 Å². The predicted molar refractivity (Wildman–Crippen MR) is 312 cm³/mol. The number of aryl methyl sites for hydroxylation is 4. The van der Waals surface area contributed by atoms with Gasteiger partial charge in [0, 0.05) is 22.3 Å². The van der Waals surface area contributed by atoms with E-state index < -0.39 is 28.9 Å². The molecule has 408 valence electrons. The second kappa shape index (κ2) is 18.3. The van der Waals surface area contributed by atoms with Crippen LogP contribution >= 0.6 is 0 Å². The van der Waals surface area contributed by atoms with E-state index >= 15 is 0 Å². The van der Waals surface area contributed by atoms with Crippen molar-refractivity contribution in [3.63, 3.8) is 0 Å². The molecule has 4 aliphatic carbocycles. The fourth-order valence-electron chi connectivity index (χ4n) is 13.6. The Morgan fingerprint density at radius 3 is 0.845 bits per heavy atom. The van der Waals surface area contributed by atoms with E-state index in [4.69, 9.17) is 8.83 Å². The lowest BCUT2D eigenvalue weighted by molar-refractivity contribution is -0.138. The van der Waals surface area contributed by atoms with Crippen molar-refractivity contribution in [2.45, 2.75) is 50.9 Å². The zero-order valence-corrected chi connectivity index (χ0v) is 45.5. The van der Waals surface area contributed by atoms with Crippen LogP contribution in [0.3, 0.4) is 0 Å². The number of aromatic nitrogens is 4. The van der Waals surface area contributed by atoms with E-state index in [0.717, 1.165) is 68.8 Å². The van der Waals surface area contributed by atoms with E-state index in [-0.39, 0.29) is 29.0 Å². The maximum Gasteiger partial charge on any atom is 0.416 e. The van der Waals surface area contributed by atoms with Crippen LogP contribution in [0.15, 0.2) is 215 Å². The van der Waals surface area contributed by atoms with Crippen molar-refractivity contribution in [3.05, 3.63) is 284 Å². The largest absolute Gasteiger partial charge is 0.416 e. The minimum Gasteiger partial charge on any atom is -0.416 e. The van der Waals surface area contributed by atoms with Crippen molar-refractivity contribution in [1.29, 1.82) is 0 Å². The van der Waals surface area contributed by atoms with E-state index in [1.54, 1.807) is 0 Å². The predicted octanol–water partition coefficient (Wildman–Crippen LogP) is 18.8. The molecule has 0 unspecified atom stereocenters. The molecule has 4 aliphatic rings. The molecule has 0 N–H and O–H groups in total. The van der Waals surface area contributed by atoms with Gasteiger partial charge in [-0.1, -0.05) is 156 Å². The molecule has 0 fully saturated rings. The summed E-state index contributed by atoms with van der Waals surface area (Å²) in [6.07, 6.45) is -8.95. The zero-order valence-electron chi connectivity index (χ0n) is 45.5. The van der Waals surface area contributed by atoms with Gasteiger partial charge in [0.25, 0.3) is 0 Å². The highest BCUT2D eigenvalue weighted by atomic mass is 19.4. The molecule has 2 aromatic heterocycles. The first-order valence-corrected chi connectivity index (χ1v) is 27.5. The van der Waals surface area contributed by atoms with Gasteiger partial charge in [-0.3, -0.25) is 0 Å². The molecule has 16 rings (SSSR count). The Hall–Kier alpha value is -9.94. The normalized spacial score (nSPS) is 14.0. The summed E-state index contributed by atoms with van der Waals surface area (Å²) in [5, 5.41) is 16.9. The van der Waals surface area contributed by atoms with E-state index in [1.807, 2.05) is 60.7 Å². The number of nitrogens with zero attached hydrogens (tertiary/aromatic N) is 4. The van der Waals surface area contributed by atoms with Gasteiger partial charge in [0.2, 0.25) is 23.6 Å². The molecular weight excluding hydrogens is 1070 g/mol. The second-order valence-electron chi connectivity index (χ2n) is 22.3. The van der Waals surface area contributed by atoms with Crippen molar-refractivity contribution in [3.8, 4) is 90.3 Å². The molecule has 0 bridgehead atoms. The first-order chi connectivity index (χ1) is 40.5. The van der Waals surface area contributed by atoms with Gasteiger partial charge in [0.1, 0.15) is 0 Å². The van der Waals surface area contributed by atoms with Gasteiger partial charge in [-0.25, -0.2) is 0 Å². The summed E-state index contributed by atoms with van der Waals surface area (Å²) in [5.41, 5.74) is 24.0. The summed E-state index contributed by atoms with van der Waals surface area (Å²) in [7, 11) is 0. The smallest absolute Gasteiger partial charge is 0.416 e. The molecule has 0 atom stereocenters. The number of hydrogen-bond acceptors (Lipinski definition) is 6. The molecule has 84 heavy (non-hydrogen) atoms. The molecule has 0 saturated heterocycles. The van der Waals surface area contributed by atoms with Crippen molar-refractivity contribution in [2.24, 2.45) is 0 Å². The van der Waals surface area contributed by atoms with Crippen LogP contribution in [-0.4, -0.2) is 20.4 Å². The van der Waals surface area contributed by atoms with Crippen LogP contribution in [0.1, 0.15) is 77.9 Å². The summed E-state index contributed by atoms with van der Waals surface area (Å²) in [6, 6.07) is 65.3. The molecule has 6 nitrogen and oxygen atoms in total. The third-order valence-electron chi connectivity index (χ3n) is 17.2. The van der Waals surface area contributed by atoms with Gasteiger partial charge >= 0.3 is 12.4 Å². The number of benzene rings is 10. The molecule has 12 heteroatoms. The Balaban J connectivity index is 0.000000173. The number of fused-ring (bicyclic) bond motifs is 20. The number of alkyl halides is 6. The van der Waals surface area contributed by atoms with Gasteiger partial charge in [0.15, 0.2) is 0 Å². The molecule has 0 saturated carbocycles. The first-order valence-electron chi connectivity index (χ1n) is 27.5. The second-order valence-corrected chi connectivity index (χ2v) is 22.3. The molecule has 0 radical (unpaired) electrons. The fourth-order valence-corrected chi connectivity index (χ4v) is 13.6. The Morgan fingerprint density at radius 2 is 0.524 bits per heavy atom. The highest BCUT2D eigenvalue weighted by molar-refractivity contribution is 5.98. The van der Waals surface area contributed by atoms with Crippen LogP contribution in [0, 0.1) is 27.7 Å². The third kappa shape index (κ3) is 7.51. The molecule has 0 amide bonds. The summed E-state index contributed by atoms with van der Waals surface area (Å²) in [5.74, 6) is 0.564. The lowest BCUT2D eigenvalue weighted by Gasteiger charge is -2.31. The third-order valence-corrected chi connectivity index (χ3v) is 17.2. The Morgan fingerprint density at radius 1 is 0.274 bits per heavy atom. The zero-order chi connectivity index (χ0) is 57.6. The lowest BCUT2D eigenvalue weighted by Crippen LogP contribution is -2.26. The monoisotopic (exact) mass is 1110 g/mol. The summed E-state index contributed by atoms with van der Waals surface area (Å²) >= 11 is 0. The highest BCUT2D eigenvalue weighted by Gasteiger charge is 2.53. The Labute approximate surface area is 478 Å². The Bertz CT molecular complexity index is 4300. The van der Waals surface area contributed by atoms with E-state index in [2.05, 4.69) is 145 Å². The molecule has 0 aliphatic heterocycles. The average Bonchev–Trinajstić information content (AvgIpc) is 1.59. The fraction of sp³-hybridized carbons (Fsp3) is 0.111. The van der Waals surface area contributed by atoms with Crippen LogP contribution in [0.5, 0.6) is 0 Å². The standard InChI is InChI=1S/C43H22F6N4O2.C29H24/c44-42(45,46)27-15-9-23(10-16-27)37-50-52-39(54-37)25-13-19-31-29-5-1-3-7-33(29)41(35(31)21-25)34-8-4-2-6-30(34)32-20-14-26(22-36(32)41)40-53-51-38(55-40)24-11-17-28(18-12-24)43(47,48)49;1-17-5-9-21-22-10-6-18(2)14-26(22)29(25(21)13-17)27-15-19(3)7-11-23(27)24-12-8-20(4)16-28(24)29/h1-22H;5-16H,1-4H3. The van der Waals surface area contributed by atoms with Gasteiger partial charge in [-0.15, -0.1) is 20.4 Å². The summed E-state index contributed by atoms with van der Waals surface area (Å²) in [6.45, 7) is 8.86. The number of halogens is 6. The minimum atomic E-state index is -4.47. The van der Waals surface area contributed by atoms with Crippen LogP contribution in [0.2, 0.25) is 0 Å². The molecule has 2 spiro atoms. The minimum absolute atomic E-state index is 0.0821. The van der Waals surface area contributed by atoms with Gasteiger partial charge in [-0.05, 0) is 190 Å². The van der Waals surface area contributed by atoms with E-state index in [9.17, 15) is 26.3 Å². The maximum atomic E-state index is 13.2. The summed E-state index contributed by atoms with van der Waals surface area (Å²) < 4.78 is 91.3. The van der Waals surface area contributed by atoms with Crippen LogP contribution in [-0.2, 0) is 23.2 Å². The number of hydrogen-bond donors (Lipinski definition) is 0. The first kappa shape index (κ1) is 51.0. The molecule has 12 aromatic rings. The quantitative estimate of drug-likeness (QED) is 0.163.